The maximum absolute atomic E-state index is 12.2. The maximum atomic E-state index is 12.2. The molecule has 0 heterocycles. The number of hydrogen-bond acceptors (Lipinski definition) is 8. The standard InChI is InChI=1S/C20H20O9/c1-28-19-5-2-11(6-18(19)25)15(22)4-3-14-16(23)8-13(9-17(14)24)29-10-12(21)7-20(26)27/h2-6,8-9,14,16,23-25H,7,10H2,1H3,(H,26,27). The molecule has 1 aromatic carbocycles. The number of rotatable bonds is 9. The van der Waals surface area contributed by atoms with E-state index >= 15 is 0 Å². The molecule has 1 aromatic rings. The van der Waals surface area contributed by atoms with Crippen molar-refractivity contribution < 1.29 is 44.3 Å². The Labute approximate surface area is 165 Å². The summed E-state index contributed by atoms with van der Waals surface area (Å²) in [6.45, 7) is -0.519. The fourth-order valence-corrected chi connectivity index (χ4v) is 2.55. The molecule has 0 radical (unpaired) electrons. The Morgan fingerprint density at radius 3 is 2.52 bits per heavy atom. The Kier molecular flexibility index (Phi) is 7.15. The molecule has 1 aliphatic rings. The largest absolute Gasteiger partial charge is 0.511 e. The lowest BCUT2D eigenvalue weighted by molar-refractivity contribution is -0.141. The number of carboxylic acids is 1. The molecular weight excluding hydrogens is 384 g/mol. The number of methoxy groups -OCH3 is 1. The van der Waals surface area contributed by atoms with Crippen LogP contribution in [0.2, 0.25) is 0 Å². The first-order valence-electron chi connectivity index (χ1n) is 8.47. The Morgan fingerprint density at radius 1 is 1.21 bits per heavy atom. The van der Waals surface area contributed by atoms with Gasteiger partial charge in [0.25, 0.3) is 0 Å². The predicted octanol–water partition coefficient (Wildman–Crippen LogP) is 1.52. The van der Waals surface area contributed by atoms with E-state index < -0.39 is 42.6 Å². The SMILES string of the molecule is COc1ccc(C(=O)C=CC2C(O)=CC(OCC(=O)CC(=O)O)=CC2O)cc1O. The average molecular weight is 404 g/mol. The molecule has 0 spiro atoms. The second-order valence-corrected chi connectivity index (χ2v) is 6.16. The molecule has 9 nitrogen and oxygen atoms in total. The summed E-state index contributed by atoms with van der Waals surface area (Å²) < 4.78 is 9.99. The van der Waals surface area contributed by atoms with Crippen LogP contribution < -0.4 is 4.74 Å². The molecule has 0 bridgehead atoms. The normalized spacial score (nSPS) is 18.7. The number of phenolic OH excluding ortho intramolecular Hbond substituents is 1. The summed E-state index contributed by atoms with van der Waals surface area (Å²) in [5, 5.41) is 38.5. The highest BCUT2D eigenvalue weighted by Crippen LogP contribution is 2.27. The molecule has 0 amide bonds. The van der Waals surface area contributed by atoms with E-state index in [4.69, 9.17) is 14.6 Å². The third-order valence-electron chi connectivity index (χ3n) is 4.00. The van der Waals surface area contributed by atoms with Crippen molar-refractivity contribution in [3.63, 3.8) is 0 Å². The number of aromatic hydroxyl groups is 1. The van der Waals surface area contributed by atoms with E-state index in [-0.39, 0.29) is 28.6 Å². The van der Waals surface area contributed by atoms with Crippen LogP contribution in [-0.2, 0) is 14.3 Å². The van der Waals surface area contributed by atoms with E-state index in [1.165, 1.54) is 43.5 Å². The van der Waals surface area contributed by atoms with Crippen LogP contribution in [0.5, 0.6) is 11.5 Å². The molecule has 0 saturated carbocycles. The van der Waals surface area contributed by atoms with E-state index in [1.807, 2.05) is 0 Å². The summed E-state index contributed by atoms with van der Waals surface area (Å²) in [4.78, 5) is 34.0. The number of carboxylic acid groups (broad SMARTS) is 1. The topological polar surface area (TPSA) is 151 Å². The molecule has 9 heteroatoms. The van der Waals surface area contributed by atoms with Crippen LogP contribution in [0.15, 0.2) is 54.0 Å². The van der Waals surface area contributed by atoms with Crippen molar-refractivity contribution >= 4 is 17.5 Å². The van der Waals surface area contributed by atoms with E-state index in [2.05, 4.69) is 0 Å². The van der Waals surface area contributed by atoms with Crippen molar-refractivity contribution in [2.45, 2.75) is 12.5 Å². The third kappa shape index (κ3) is 5.94. The van der Waals surface area contributed by atoms with Gasteiger partial charge in [-0.2, -0.15) is 0 Å². The minimum absolute atomic E-state index is 0.00444. The number of phenols is 1. The molecule has 1 aliphatic carbocycles. The number of carbonyl (C=O) groups excluding carboxylic acids is 2. The summed E-state index contributed by atoms with van der Waals surface area (Å²) in [6, 6.07) is 4.12. The minimum Gasteiger partial charge on any atom is -0.511 e. The molecule has 0 aromatic heterocycles. The zero-order chi connectivity index (χ0) is 21.6. The van der Waals surface area contributed by atoms with Crippen LogP contribution in [0.25, 0.3) is 0 Å². The van der Waals surface area contributed by atoms with Crippen LogP contribution in [-0.4, -0.2) is 57.8 Å². The van der Waals surface area contributed by atoms with Gasteiger partial charge in [-0.25, -0.2) is 0 Å². The van der Waals surface area contributed by atoms with Crippen LogP contribution in [0.1, 0.15) is 16.8 Å². The lowest BCUT2D eigenvalue weighted by Crippen LogP contribution is -2.23. The molecule has 29 heavy (non-hydrogen) atoms. The number of ketones is 2. The van der Waals surface area contributed by atoms with Gasteiger partial charge in [0.2, 0.25) is 0 Å². The second-order valence-electron chi connectivity index (χ2n) is 6.16. The van der Waals surface area contributed by atoms with E-state index in [9.17, 15) is 29.7 Å². The highest BCUT2D eigenvalue weighted by Gasteiger charge is 2.25. The lowest BCUT2D eigenvalue weighted by atomic mass is 9.93. The number of Topliss-reactive ketones (excluding diaryl/α,β-unsaturated/α-hetero) is 1. The van der Waals surface area contributed by atoms with Gasteiger partial charge in [0.15, 0.2) is 23.1 Å². The van der Waals surface area contributed by atoms with Gasteiger partial charge < -0.3 is 29.9 Å². The van der Waals surface area contributed by atoms with Crippen molar-refractivity contribution in [2.24, 2.45) is 5.92 Å². The molecule has 0 fully saturated rings. The van der Waals surface area contributed by atoms with E-state index in [0.717, 1.165) is 6.08 Å². The Balaban J connectivity index is 2.02. The minimum atomic E-state index is -1.28. The fourth-order valence-electron chi connectivity index (χ4n) is 2.55. The molecule has 2 unspecified atom stereocenters. The smallest absolute Gasteiger partial charge is 0.311 e. The van der Waals surface area contributed by atoms with Gasteiger partial charge in [0, 0.05) is 11.6 Å². The van der Waals surface area contributed by atoms with Crippen LogP contribution in [0.3, 0.4) is 0 Å². The summed E-state index contributed by atoms with van der Waals surface area (Å²) in [6.07, 6.45) is 2.90. The van der Waals surface area contributed by atoms with Crippen molar-refractivity contribution in [1.82, 2.24) is 0 Å². The molecule has 154 valence electrons. The first-order chi connectivity index (χ1) is 13.7. The van der Waals surface area contributed by atoms with Crippen molar-refractivity contribution in [2.75, 3.05) is 13.7 Å². The van der Waals surface area contributed by atoms with Crippen molar-refractivity contribution in [1.29, 1.82) is 0 Å². The Hall–Kier alpha value is -3.59. The quantitative estimate of drug-likeness (QED) is 0.273. The number of carbonyl (C=O) groups is 3. The number of aliphatic hydroxyl groups is 2. The van der Waals surface area contributed by atoms with Gasteiger partial charge in [-0.3, -0.25) is 14.4 Å². The average Bonchev–Trinajstić information content (AvgIpc) is 2.65. The number of allylic oxidation sites excluding steroid dienone is 2. The van der Waals surface area contributed by atoms with E-state index in [1.54, 1.807) is 0 Å². The molecular formula is C20H20O9. The fraction of sp³-hybridized carbons (Fsp3) is 0.250. The first-order valence-corrected chi connectivity index (χ1v) is 8.47. The lowest BCUT2D eigenvalue weighted by Gasteiger charge is -2.22. The van der Waals surface area contributed by atoms with Gasteiger partial charge >= 0.3 is 5.97 Å². The number of ether oxygens (including phenoxy) is 2. The van der Waals surface area contributed by atoms with E-state index in [0.29, 0.717) is 0 Å². The number of aliphatic carboxylic acids is 1. The molecule has 2 rings (SSSR count). The Morgan fingerprint density at radius 2 is 1.93 bits per heavy atom. The van der Waals surface area contributed by atoms with Crippen LogP contribution in [0.4, 0.5) is 0 Å². The van der Waals surface area contributed by atoms with Gasteiger partial charge in [0.05, 0.1) is 19.1 Å². The van der Waals surface area contributed by atoms with Crippen molar-refractivity contribution in [3.8, 4) is 11.5 Å². The summed E-state index contributed by atoms with van der Waals surface area (Å²) in [7, 11) is 1.38. The highest BCUT2D eigenvalue weighted by atomic mass is 16.5. The maximum Gasteiger partial charge on any atom is 0.311 e. The third-order valence-corrected chi connectivity index (χ3v) is 4.00. The number of hydrogen-bond donors (Lipinski definition) is 4. The van der Waals surface area contributed by atoms with Gasteiger partial charge in [-0.1, -0.05) is 6.08 Å². The monoisotopic (exact) mass is 404 g/mol. The summed E-state index contributed by atoms with van der Waals surface area (Å²) in [5.74, 6) is -3.62. The van der Waals surface area contributed by atoms with Gasteiger partial charge in [-0.15, -0.1) is 0 Å². The molecule has 0 aliphatic heterocycles. The molecule has 2 atom stereocenters. The van der Waals surface area contributed by atoms with Gasteiger partial charge in [0.1, 0.15) is 24.5 Å². The highest BCUT2D eigenvalue weighted by molar-refractivity contribution is 6.05. The zero-order valence-corrected chi connectivity index (χ0v) is 15.4. The number of benzene rings is 1. The summed E-state index contributed by atoms with van der Waals surface area (Å²) >= 11 is 0. The molecule has 0 saturated heterocycles. The van der Waals surface area contributed by atoms with Gasteiger partial charge in [-0.05, 0) is 30.4 Å². The van der Waals surface area contributed by atoms with Crippen molar-refractivity contribution in [3.05, 3.63) is 59.6 Å². The Bertz CT molecular complexity index is 895. The van der Waals surface area contributed by atoms with Crippen LogP contribution in [0, 0.1) is 5.92 Å². The van der Waals surface area contributed by atoms with Crippen LogP contribution >= 0.6 is 0 Å². The second kappa shape index (κ2) is 9.56. The zero-order valence-electron chi connectivity index (χ0n) is 15.4. The summed E-state index contributed by atoms with van der Waals surface area (Å²) in [5.41, 5.74) is 0.185. The predicted molar refractivity (Wildman–Crippen MR) is 99.6 cm³/mol. The molecule has 4 N–H and O–H groups in total. The first kappa shape index (κ1) is 21.7. The number of aliphatic hydroxyl groups excluding tert-OH is 2.